The molecule has 0 aromatic carbocycles. The fourth-order valence-electron chi connectivity index (χ4n) is 2.30. The molecule has 1 N–H and O–H groups in total. The third-order valence-electron chi connectivity index (χ3n) is 3.55. The molecule has 0 aromatic heterocycles. The van der Waals surface area contributed by atoms with Crippen molar-refractivity contribution in [2.24, 2.45) is 5.41 Å². The van der Waals surface area contributed by atoms with E-state index in [0.29, 0.717) is 6.42 Å². The summed E-state index contributed by atoms with van der Waals surface area (Å²) in [5, 5.41) is 8.42. The van der Waals surface area contributed by atoms with Gasteiger partial charge in [-0.25, -0.2) is 0 Å². The van der Waals surface area contributed by atoms with E-state index >= 15 is 0 Å². The Morgan fingerprint density at radius 2 is 1.32 bits per heavy atom. The molecule has 0 aliphatic carbocycles. The Bertz CT molecular complexity index is 325. The van der Waals surface area contributed by atoms with Crippen molar-refractivity contribution in [3.8, 4) is 0 Å². The van der Waals surface area contributed by atoms with E-state index < -0.39 is 5.97 Å². The van der Waals surface area contributed by atoms with Gasteiger partial charge in [0.1, 0.15) is 0 Å². The molecule has 3 nitrogen and oxygen atoms in total. The second kappa shape index (κ2) is 18.6. The Labute approximate surface area is 165 Å². The van der Waals surface area contributed by atoms with Crippen molar-refractivity contribution in [2.75, 3.05) is 11.5 Å². The topological polar surface area (TPSA) is 54.4 Å². The van der Waals surface area contributed by atoms with E-state index in [1.54, 1.807) is 0 Å². The molecule has 150 valence electrons. The summed E-state index contributed by atoms with van der Waals surface area (Å²) in [7, 11) is 0. The largest absolute Gasteiger partial charge is 0.481 e. The quantitative estimate of drug-likeness (QED) is 0.258. The van der Waals surface area contributed by atoms with Crippen LogP contribution >= 0.6 is 24.4 Å². The highest BCUT2D eigenvalue weighted by atomic mass is 32.2. The maximum atomic E-state index is 10.3. The van der Waals surface area contributed by atoms with Gasteiger partial charge in [0, 0.05) is 6.42 Å². The molecule has 0 heterocycles. The second-order valence-corrected chi connectivity index (χ2v) is 9.36. The molecule has 0 amide bonds. The number of aliphatic carboxylic acids is 1. The number of hydrogen-bond acceptors (Lipinski definition) is 3. The number of carbonyl (C=O) groups is 2. The molecule has 0 saturated carbocycles. The Hall–Kier alpha value is -0.160. The smallest absolute Gasteiger partial charge is 0.313 e. The van der Waals surface area contributed by atoms with Gasteiger partial charge in [0.05, 0.1) is 5.75 Å². The number of rotatable bonds is 14. The van der Waals surface area contributed by atoms with E-state index in [-0.39, 0.29) is 16.3 Å². The van der Waals surface area contributed by atoms with Crippen molar-refractivity contribution < 1.29 is 14.7 Å². The molecule has 0 rings (SSSR count). The summed E-state index contributed by atoms with van der Waals surface area (Å²) >= 11 is 5.19. The molecule has 0 bridgehead atoms. The molecule has 0 aliphatic heterocycles. The lowest BCUT2D eigenvalue weighted by molar-refractivity contribution is -0.133. The molecule has 0 saturated heterocycles. The highest BCUT2D eigenvalue weighted by Gasteiger charge is 2.12. The van der Waals surface area contributed by atoms with Crippen molar-refractivity contribution in [3.05, 3.63) is 0 Å². The zero-order valence-electron chi connectivity index (χ0n) is 16.8. The zero-order valence-corrected chi connectivity index (χ0v) is 18.5. The van der Waals surface area contributed by atoms with Crippen LogP contribution in [0.15, 0.2) is 0 Å². The standard InChI is InChI=1S/C14H28O2S.C6H12OS/c1-2-3-4-5-6-7-8-9-10-11-12-17-13-14(15)16;1-6(2,3)4-5(7)8/h2-13H2,1H3,(H,15,16);4H2,1-3H3,(H,7,8). The molecule has 25 heavy (non-hydrogen) atoms. The number of thioether (sulfide) groups is 1. The van der Waals surface area contributed by atoms with Gasteiger partial charge in [0.25, 0.3) is 0 Å². The summed E-state index contributed by atoms with van der Waals surface area (Å²) in [5.41, 5.74) is 0.0961. The Morgan fingerprint density at radius 3 is 1.64 bits per heavy atom. The minimum Gasteiger partial charge on any atom is -0.481 e. The maximum Gasteiger partial charge on any atom is 0.313 e. The maximum absolute atomic E-state index is 10.3. The summed E-state index contributed by atoms with van der Waals surface area (Å²) in [6.45, 7) is 8.30. The van der Waals surface area contributed by atoms with E-state index in [1.165, 1.54) is 76.0 Å². The normalized spacial score (nSPS) is 10.9. The molecule has 0 atom stereocenters. The van der Waals surface area contributed by atoms with Crippen molar-refractivity contribution in [1.82, 2.24) is 0 Å². The number of carboxylic acids is 1. The molecule has 0 unspecified atom stereocenters. The first-order chi connectivity index (χ1) is 11.7. The van der Waals surface area contributed by atoms with Gasteiger partial charge >= 0.3 is 5.97 Å². The summed E-state index contributed by atoms with van der Waals surface area (Å²) in [4.78, 5) is 20.6. The first kappa shape index (κ1) is 27.1. The number of thiol groups is 1. The molecule has 0 aliphatic rings. The van der Waals surface area contributed by atoms with E-state index in [9.17, 15) is 9.59 Å². The van der Waals surface area contributed by atoms with E-state index in [2.05, 4.69) is 19.6 Å². The first-order valence-electron chi connectivity index (χ1n) is 9.70. The van der Waals surface area contributed by atoms with Gasteiger partial charge in [-0.15, -0.1) is 12.6 Å². The monoisotopic (exact) mass is 392 g/mol. The molecule has 0 radical (unpaired) electrons. The van der Waals surface area contributed by atoms with E-state index in [4.69, 9.17) is 5.11 Å². The van der Waals surface area contributed by atoms with Crippen LogP contribution < -0.4 is 0 Å². The number of carboxylic acid groups (broad SMARTS) is 1. The van der Waals surface area contributed by atoms with E-state index in [0.717, 1.165) is 5.75 Å². The van der Waals surface area contributed by atoms with Gasteiger partial charge < -0.3 is 5.11 Å². The van der Waals surface area contributed by atoms with Gasteiger partial charge in [0.15, 0.2) is 5.12 Å². The molecular weight excluding hydrogens is 352 g/mol. The highest BCUT2D eigenvalue weighted by molar-refractivity contribution is 7.99. The fourth-order valence-corrected chi connectivity index (χ4v) is 3.51. The number of unbranched alkanes of at least 4 members (excludes halogenated alkanes) is 9. The molecule has 0 spiro atoms. The van der Waals surface area contributed by atoms with Crippen LogP contribution in [0.1, 0.15) is 98.3 Å². The molecule has 0 aromatic rings. The lowest BCUT2D eigenvalue weighted by Gasteiger charge is -2.13. The number of carbonyl (C=O) groups excluding carboxylic acids is 1. The average Bonchev–Trinajstić information content (AvgIpc) is 2.46. The lowest BCUT2D eigenvalue weighted by atomic mass is 9.93. The second-order valence-electron chi connectivity index (χ2n) is 7.76. The predicted octanol–water partition coefficient (Wildman–Crippen LogP) is 6.60. The van der Waals surface area contributed by atoms with E-state index in [1.807, 2.05) is 20.8 Å². The summed E-state index contributed by atoms with van der Waals surface area (Å²) < 4.78 is 0. The van der Waals surface area contributed by atoms with Crippen LogP contribution in [0, 0.1) is 5.41 Å². The number of hydrogen-bond donors (Lipinski definition) is 2. The third-order valence-corrected chi connectivity index (χ3v) is 4.74. The van der Waals surface area contributed by atoms with Gasteiger partial charge in [-0.05, 0) is 17.6 Å². The summed E-state index contributed by atoms with van der Waals surface area (Å²) in [5.74, 6) is 0.572. The van der Waals surface area contributed by atoms with Crippen molar-refractivity contribution >= 4 is 35.5 Å². The molecular formula is C20H40O3S2. The minimum absolute atomic E-state index is 0.0301. The van der Waals surface area contributed by atoms with Crippen molar-refractivity contribution in [1.29, 1.82) is 0 Å². The van der Waals surface area contributed by atoms with Crippen LogP contribution in [-0.2, 0) is 9.59 Å². The van der Waals surface area contributed by atoms with Crippen LogP contribution in [0.5, 0.6) is 0 Å². The predicted molar refractivity (Wildman–Crippen MR) is 115 cm³/mol. The fraction of sp³-hybridized carbons (Fsp3) is 0.900. The van der Waals surface area contributed by atoms with Crippen molar-refractivity contribution in [3.63, 3.8) is 0 Å². The van der Waals surface area contributed by atoms with Gasteiger partial charge in [-0.3, -0.25) is 9.59 Å². The van der Waals surface area contributed by atoms with Gasteiger partial charge in [-0.1, -0.05) is 85.5 Å². The lowest BCUT2D eigenvalue weighted by Crippen LogP contribution is -2.08. The summed E-state index contributed by atoms with van der Waals surface area (Å²) in [6.07, 6.45) is 14.0. The first-order valence-corrected chi connectivity index (χ1v) is 11.3. The third kappa shape index (κ3) is 32.0. The van der Waals surface area contributed by atoms with Gasteiger partial charge in [0.2, 0.25) is 0 Å². The Kier molecular flexibility index (Phi) is 20.2. The summed E-state index contributed by atoms with van der Waals surface area (Å²) in [6, 6.07) is 0. The Morgan fingerprint density at radius 1 is 0.880 bits per heavy atom. The van der Waals surface area contributed by atoms with Crippen molar-refractivity contribution in [2.45, 2.75) is 98.3 Å². The van der Waals surface area contributed by atoms with Crippen LogP contribution in [0.4, 0.5) is 0 Å². The minimum atomic E-state index is -0.693. The highest BCUT2D eigenvalue weighted by Crippen LogP contribution is 2.19. The Balaban J connectivity index is 0. The zero-order chi connectivity index (χ0) is 19.6. The van der Waals surface area contributed by atoms with Gasteiger partial charge in [-0.2, -0.15) is 11.8 Å². The molecule has 0 fully saturated rings. The average molecular weight is 393 g/mol. The van der Waals surface area contributed by atoms with Crippen LogP contribution in [-0.4, -0.2) is 27.7 Å². The SMILES string of the molecule is CC(C)(C)CC(=O)S.CCCCCCCCCCCCSCC(=O)O. The molecule has 5 heteroatoms. The van der Waals surface area contributed by atoms with Crippen LogP contribution in [0.3, 0.4) is 0 Å². The van der Waals surface area contributed by atoms with Crippen LogP contribution in [0.2, 0.25) is 0 Å². The van der Waals surface area contributed by atoms with Crippen LogP contribution in [0.25, 0.3) is 0 Å².